The number of thioether (sulfide) groups is 1. The van der Waals surface area contributed by atoms with E-state index >= 15 is 0 Å². The van der Waals surface area contributed by atoms with Crippen LogP contribution in [-0.4, -0.2) is 4.98 Å². The van der Waals surface area contributed by atoms with Crippen LogP contribution in [0.3, 0.4) is 0 Å². The molecule has 0 aliphatic rings. The molecule has 0 saturated heterocycles. The molecular weight excluding hydrogens is 430 g/mol. The van der Waals surface area contributed by atoms with E-state index in [0.717, 1.165) is 31.0 Å². The fourth-order valence-electron chi connectivity index (χ4n) is 1.85. The first-order valence-electron chi connectivity index (χ1n) is 6.30. The lowest BCUT2D eigenvalue weighted by atomic mass is 10.2. The first-order chi connectivity index (χ1) is 10.2. The highest BCUT2D eigenvalue weighted by Crippen LogP contribution is 2.31. The number of hydrogen-bond acceptors (Lipinski definition) is 3. The third-order valence-corrected chi connectivity index (χ3v) is 6.15. The molecular formula is C16H11Br2NS2. The van der Waals surface area contributed by atoms with Crippen molar-refractivity contribution < 1.29 is 0 Å². The Hall–Kier alpha value is -0.620. The third-order valence-electron chi connectivity index (χ3n) is 2.88. The van der Waals surface area contributed by atoms with E-state index < -0.39 is 0 Å². The van der Waals surface area contributed by atoms with Crippen molar-refractivity contribution in [2.45, 2.75) is 10.6 Å². The number of nitrogens with zero attached hydrogens (tertiary/aromatic N) is 1. The van der Waals surface area contributed by atoms with E-state index in [2.05, 4.69) is 67.6 Å². The summed E-state index contributed by atoms with van der Waals surface area (Å²) >= 11 is 10.6. The molecule has 3 aromatic rings. The molecule has 0 unspecified atom stereocenters. The molecule has 0 spiro atoms. The van der Waals surface area contributed by atoms with Crippen LogP contribution in [0.15, 0.2) is 67.8 Å². The molecule has 0 saturated carbocycles. The van der Waals surface area contributed by atoms with Crippen LogP contribution in [0.5, 0.6) is 0 Å². The average Bonchev–Trinajstić information content (AvgIpc) is 2.96. The van der Waals surface area contributed by atoms with Crippen molar-refractivity contribution in [3.8, 4) is 11.3 Å². The van der Waals surface area contributed by atoms with Gasteiger partial charge in [0.1, 0.15) is 5.01 Å². The molecule has 0 radical (unpaired) electrons. The van der Waals surface area contributed by atoms with Crippen LogP contribution in [0, 0.1) is 0 Å². The van der Waals surface area contributed by atoms with Gasteiger partial charge in [-0.3, -0.25) is 0 Å². The van der Waals surface area contributed by atoms with Crippen molar-refractivity contribution >= 4 is 55.0 Å². The Labute approximate surface area is 149 Å². The molecule has 1 nitrogen and oxygen atoms in total. The predicted octanol–water partition coefficient (Wildman–Crippen LogP) is 6.63. The Morgan fingerprint density at radius 2 is 1.76 bits per heavy atom. The van der Waals surface area contributed by atoms with Crippen LogP contribution in [0.2, 0.25) is 0 Å². The molecule has 0 atom stereocenters. The standard InChI is InChI=1S/C16H11Br2NS2/c17-11-5-7-12(8-6-11)20-10-16-19-15(9-21-16)13-3-1-2-4-14(13)18/h1-9H,10H2. The lowest BCUT2D eigenvalue weighted by molar-refractivity contribution is 1.26. The van der Waals surface area contributed by atoms with E-state index in [0.29, 0.717) is 0 Å². The van der Waals surface area contributed by atoms with Crippen LogP contribution in [-0.2, 0) is 5.75 Å². The Kier molecular flexibility index (Phi) is 5.16. The third kappa shape index (κ3) is 3.97. The van der Waals surface area contributed by atoms with Crippen LogP contribution < -0.4 is 0 Å². The molecule has 0 fully saturated rings. The quantitative estimate of drug-likeness (QED) is 0.422. The van der Waals surface area contributed by atoms with Crippen molar-refractivity contribution in [2.75, 3.05) is 0 Å². The highest BCUT2D eigenvalue weighted by molar-refractivity contribution is 9.10. The minimum absolute atomic E-state index is 0.900. The largest absolute Gasteiger partial charge is 0.240 e. The van der Waals surface area contributed by atoms with E-state index in [1.165, 1.54) is 4.90 Å². The minimum atomic E-state index is 0.900. The maximum atomic E-state index is 4.73. The summed E-state index contributed by atoms with van der Waals surface area (Å²) in [7, 11) is 0. The molecule has 0 aliphatic carbocycles. The molecule has 21 heavy (non-hydrogen) atoms. The fraction of sp³-hybridized carbons (Fsp3) is 0.0625. The van der Waals surface area contributed by atoms with Gasteiger partial charge >= 0.3 is 0 Å². The summed E-state index contributed by atoms with van der Waals surface area (Å²) in [6.45, 7) is 0. The number of benzene rings is 2. The molecule has 1 aromatic heterocycles. The van der Waals surface area contributed by atoms with Crippen molar-refractivity contribution in [2.24, 2.45) is 0 Å². The molecule has 5 heteroatoms. The molecule has 2 aromatic carbocycles. The predicted molar refractivity (Wildman–Crippen MR) is 99.0 cm³/mol. The SMILES string of the molecule is Brc1ccc(SCc2nc(-c3ccccc3Br)cs2)cc1. The minimum Gasteiger partial charge on any atom is -0.240 e. The zero-order valence-corrected chi connectivity index (χ0v) is 15.7. The Morgan fingerprint density at radius 3 is 2.52 bits per heavy atom. The zero-order chi connectivity index (χ0) is 14.7. The summed E-state index contributed by atoms with van der Waals surface area (Å²) in [5.41, 5.74) is 2.19. The second kappa shape index (κ2) is 7.09. The normalized spacial score (nSPS) is 10.8. The number of halogens is 2. The molecule has 0 bridgehead atoms. The first-order valence-corrected chi connectivity index (χ1v) is 9.75. The summed E-state index contributed by atoms with van der Waals surface area (Å²) in [6, 6.07) is 16.6. The Balaban J connectivity index is 1.71. The van der Waals surface area contributed by atoms with Gasteiger partial charge in [-0.15, -0.1) is 23.1 Å². The van der Waals surface area contributed by atoms with Crippen molar-refractivity contribution in [3.63, 3.8) is 0 Å². The van der Waals surface area contributed by atoms with E-state index in [-0.39, 0.29) is 0 Å². The van der Waals surface area contributed by atoms with E-state index in [1.807, 2.05) is 30.0 Å². The van der Waals surface area contributed by atoms with Gasteiger partial charge in [-0.1, -0.05) is 50.1 Å². The summed E-state index contributed by atoms with van der Waals surface area (Å²) in [5.74, 6) is 0.900. The zero-order valence-electron chi connectivity index (χ0n) is 10.9. The molecule has 0 amide bonds. The van der Waals surface area contributed by atoms with Gasteiger partial charge in [-0.25, -0.2) is 4.98 Å². The molecule has 106 valence electrons. The van der Waals surface area contributed by atoms with Gasteiger partial charge < -0.3 is 0 Å². The van der Waals surface area contributed by atoms with Crippen molar-refractivity contribution in [1.29, 1.82) is 0 Å². The van der Waals surface area contributed by atoms with Gasteiger partial charge in [0.15, 0.2) is 0 Å². The van der Waals surface area contributed by atoms with E-state index in [4.69, 9.17) is 4.98 Å². The smallest absolute Gasteiger partial charge is 0.104 e. The van der Waals surface area contributed by atoms with Crippen molar-refractivity contribution in [3.05, 3.63) is 67.9 Å². The van der Waals surface area contributed by atoms with E-state index in [1.54, 1.807) is 11.3 Å². The highest BCUT2D eigenvalue weighted by atomic mass is 79.9. The van der Waals surface area contributed by atoms with Crippen molar-refractivity contribution in [1.82, 2.24) is 4.98 Å². The molecule has 1 heterocycles. The monoisotopic (exact) mass is 439 g/mol. The van der Waals surface area contributed by atoms with Crippen LogP contribution in [0.4, 0.5) is 0 Å². The summed E-state index contributed by atoms with van der Waals surface area (Å²) < 4.78 is 2.19. The van der Waals surface area contributed by atoms with Gasteiger partial charge in [-0.2, -0.15) is 0 Å². The second-order valence-corrected chi connectivity index (χ2v) is 8.11. The fourth-order valence-corrected chi connectivity index (χ4v) is 4.31. The Bertz CT molecular complexity index is 738. The molecule has 0 N–H and O–H groups in total. The molecule has 0 aliphatic heterocycles. The van der Waals surface area contributed by atoms with Crippen LogP contribution >= 0.6 is 55.0 Å². The first kappa shape index (κ1) is 15.3. The number of rotatable bonds is 4. The van der Waals surface area contributed by atoms with Gasteiger partial charge in [0.2, 0.25) is 0 Å². The van der Waals surface area contributed by atoms with Gasteiger partial charge in [-0.05, 0) is 30.3 Å². The van der Waals surface area contributed by atoms with Crippen LogP contribution in [0.1, 0.15) is 5.01 Å². The van der Waals surface area contributed by atoms with Gasteiger partial charge in [0.25, 0.3) is 0 Å². The Morgan fingerprint density at radius 1 is 1.00 bits per heavy atom. The lowest BCUT2D eigenvalue weighted by Crippen LogP contribution is -1.82. The maximum Gasteiger partial charge on any atom is 0.104 e. The summed E-state index contributed by atoms with van der Waals surface area (Å²) in [5, 5.41) is 3.27. The maximum absolute atomic E-state index is 4.73. The second-order valence-electron chi connectivity index (χ2n) is 4.35. The lowest BCUT2D eigenvalue weighted by Gasteiger charge is -2.00. The summed E-state index contributed by atoms with van der Waals surface area (Å²) in [6.07, 6.45) is 0. The van der Waals surface area contributed by atoms with E-state index in [9.17, 15) is 0 Å². The summed E-state index contributed by atoms with van der Waals surface area (Å²) in [4.78, 5) is 5.99. The topological polar surface area (TPSA) is 12.9 Å². The highest BCUT2D eigenvalue weighted by Gasteiger charge is 2.07. The number of hydrogen-bond donors (Lipinski definition) is 0. The number of thiazole rings is 1. The number of aromatic nitrogens is 1. The van der Waals surface area contributed by atoms with Gasteiger partial charge in [0, 0.05) is 24.8 Å². The molecule has 3 rings (SSSR count). The average molecular weight is 441 g/mol. The van der Waals surface area contributed by atoms with Crippen LogP contribution in [0.25, 0.3) is 11.3 Å². The van der Waals surface area contributed by atoms with Gasteiger partial charge in [0.05, 0.1) is 11.4 Å².